The van der Waals surface area contributed by atoms with Gasteiger partial charge < -0.3 is 14.8 Å². The average molecular weight is 392 g/mol. The van der Waals surface area contributed by atoms with Gasteiger partial charge in [0.1, 0.15) is 0 Å². The standard InChI is InChI=1S/C19H24N2O5S/c1-4-21-27(23,24)16-8-6-15(7-9-16)19(22)20-12-11-14-5-10-17(25-2)18(13-14)26-3/h5-10,13,21H,4,11-12H2,1-3H3,(H,20,22). The first-order valence-corrected chi connectivity index (χ1v) is 9.98. The molecule has 2 N–H and O–H groups in total. The zero-order valence-corrected chi connectivity index (χ0v) is 16.4. The van der Waals surface area contributed by atoms with Crippen molar-refractivity contribution in [3.8, 4) is 11.5 Å². The molecule has 2 aromatic carbocycles. The van der Waals surface area contributed by atoms with Crippen LogP contribution in [0.25, 0.3) is 0 Å². The molecule has 7 nitrogen and oxygen atoms in total. The third-order valence-electron chi connectivity index (χ3n) is 3.91. The Morgan fingerprint density at radius 2 is 1.67 bits per heavy atom. The fourth-order valence-corrected chi connectivity index (χ4v) is 3.56. The van der Waals surface area contributed by atoms with Crippen LogP contribution in [0.4, 0.5) is 0 Å². The van der Waals surface area contributed by atoms with E-state index in [9.17, 15) is 13.2 Å². The van der Waals surface area contributed by atoms with Crippen molar-refractivity contribution < 1.29 is 22.7 Å². The van der Waals surface area contributed by atoms with Gasteiger partial charge in [0.15, 0.2) is 11.5 Å². The predicted molar refractivity (Wildman–Crippen MR) is 103 cm³/mol. The molecule has 27 heavy (non-hydrogen) atoms. The normalized spacial score (nSPS) is 11.1. The lowest BCUT2D eigenvalue weighted by atomic mass is 10.1. The van der Waals surface area contributed by atoms with Crippen LogP contribution in [-0.4, -0.2) is 41.6 Å². The lowest BCUT2D eigenvalue weighted by Crippen LogP contribution is -2.26. The first-order chi connectivity index (χ1) is 12.9. The number of hydrogen-bond acceptors (Lipinski definition) is 5. The number of hydrogen-bond donors (Lipinski definition) is 2. The molecule has 1 amide bonds. The minimum atomic E-state index is -3.52. The summed E-state index contributed by atoms with van der Waals surface area (Å²) in [7, 11) is -0.373. The van der Waals surface area contributed by atoms with Crippen LogP contribution in [0.15, 0.2) is 47.4 Å². The highest BCUT2D eigenvalue weighted by molar-refractivity contribution is 7.89. The SMILES string of the molecule is CCNS(=O)(=O)c1ccc(C(=O)NCCc2ccc(OC)c(OC)c2)cc1. The molecule has 2 rings (SSSR count). The number of benzene rings is 2. The summed E-state index contributed by atoms with van der Waals surface area (Å²) in [6.07, 6.45) is 0.624. The monoisotopic (exact) mass is 392 g/mol. The zero-order chi connectivity index (χ0) is 19.9. The molecule has 0 aliphatic rings. The van der Waals surface area contributed by atoms with Crippen molar-refractivity contribution >= 4 is 15.9 Å². The molecule has 0 fully saturated rings. The van der Waals surface area contributed by atoms with E-state index in [1.807, 2.05) is 18.2 Å². The zero-order valence-electron chi connectivity index (χ0n) is 15.6. The molecule has 0 aliphatic carbocycles. The molecule has 0 bridgehead atoms. The summed E-state index contributed by atoms with van der Waals surface area (Å²) in [6.45, 7) is 2.45. The van der Waals surface area contributed by atoms with Gasteiger partial charge in [0.2, 0.25) is 10.0 Å². The van der Waals surface area contributed by atoms with E-state index in [0.717, 1.165) is 5.56 Å². The van der Waals surface area contributed by atoms with E-state index >= 15 is 0 Å². The van der Waals surface area contributed by atoms with Crippen molar-refractivity contribution in [1.29, 1.82) is 0 Å². The van der Waals surface area contributed by atoms with Gasteiger partial charge >= 0.3 is 0 Å². The van der Waals surface area contributed by atoms with Crippen LogP contribution in [0, 0.1) is 0 Å². The summed E-state index contributed by atoms with van der Waals surface area (Å²) < 4.78 is 36.7. The first kappa shape index (κ1) is 20.7. The van der Waals surface area contributed by atoms with E-state index in [4.69, 9.17) is 9.47 Å². The molecular weight excluding hydrogens is 368 g/mol. The Morgan fingerprint density at radius 1 is 1.00 bits per heavy atom. The van der Waals surface area contributed by atoms with Gasteiger partial charge in [-0.15, -0.1) is 0 Å². The summed E-state index contributed by atoms with van der Waals surface area (Å²) in [5, 5.41) is 2.82. The maximum Gasteiger partial charge on any atom is 0.251 e. The van der Waals surface area contributed by atoms with Crippen LogP contribution in [-0.2, 0) is 16.4 Å². The molecule has 2 aromatic rings. The highest BCUT2D eigenvalue weighted by Crippen LogP contribution is 2.27. The molecule has 146 valence electrons. The number of nitrogens with one attached hydrogen (secondary N) is 2. The van der Waals surface area contributed by atoms with Gasteiger partial charge in [-0.25, -0.2) is 13.1 Å². The van der Waals surface area contributed by atoms with E-state index in [2.05, 4.69) is 10.0 Å². The molecule has 8 heteroatoms. The molecule has 0 saturated carbocycles. The smallest absolute Gasteiger partial charge is 0.251 e. The van der Waals surface area contributed by atoms with Gasteiger partial charge in [-0.1, -0.05) is 13.0 Å². The lowest BCUT2D eigenvalue weighted by molar-refractivity contribution is 0.0954. The molecule has 0 atom stereocenters. The number of carbonyl (C=O) groups is 1. The van der Waals surface area contributed by atoms with E-state index in [1.165, 1.54) is 24.3 Å². The van der Waals surface area contributed by atoms with Gasteiger partial charge in [0.05, 0.1) is 19.1 Å². The molecular formula is C19H24N2O5S. The minimum absolute atomic E-state index is 0.131. The van der Waals surface area contributed by atoms with E-state index in [-0.39, 0.29) is 10.8 Å². The highest BCUT2D eigenvalue weighted by atomic mass is 32.2. The van der Waals surface area contributed by atoms with E-state index in [0.29, 0.717) is 36.6 Å². The molecule has 0 spiro atoms. The number of ether oxygens (including phenoxy) is 2. The molecule has 0 radical (unpaired) electrons. The highest BCUT2D eigenvalue weighted by Gasteiger charge is 2.13. The molecule has 0 unspecified atom stereocenters. The van der Waals surface area contributed by atoms with Crippen molar-refractivity contribution in [2.24, 2.45) is 0 Å². The summed E-state index contributed by atoms with van der Waals surface area (Å²) in [5.41, 5.74) is 1.40. The maximum absolute atomic E-state index is 12.2. The second-order valence-electron chi connectivity index (χ2n) is 5.72. The quantitative estimate of drug-likeness (QED) is 0.681. The summed E-state index contributed by atoms with van der Waals surface area (Å²) in [6, 6.07) is 11.4. The average Bonchev–Trinajstić information content (AvgIpc) is 2.67. The fraction of sp³-hybridized carbons (Fsp3) is 0.316. The van der Waals surface area contributed by atoms with Crippen LogP contribution >= 0.6 is 0 Å². The van der Waals surface area contributed by atoms with Gasteiger partial charge in [-0.3, -0.25) is 4.79 Å². The Kier molecular flexibility index (Phi) is 7.20. The second kappa shape index (κ2) is 9.38. The topological polar surface area (TPSA) is 93.7 Å². The maximum atomic E-state index is 12.2. The summed E-state index contributed by atoms with van der Waals surface area (Å²) in [4.78, 5) is 12.4. The molecule has 0 aliphatic heterocycles. The molecule has 0 heterocycles. The number of amides is 1. The fourth-order valence-electron chi connectivity index (χ4n) is 2.52. The van der Waals surface area contributed by atoms with Crippen molar-refractivity contribution in [2.75, 3.05) is 27.3 Å². The van der Waals surface area contributed by atoms with Crippen LogP contribution < -0.4 is 19.5 Å². The number of sulfonamides is 1. The largest absolute Gasteiger partial charge is 0.493 e. The first-order valence-electron chi connectivity index (χ1n) is 8.50. The Hall–Kier alpha value is -2.58. The van der Waals surface area contributed by atoms with Crippen molar-refractivity contribution in [3.05, 3.63) is 53.6 Å². The van der Waals surface area contributed by atoms with Gasteiger partial charge in [0, 0.05) is 18.7 Å². The van der Waals surface area contributed by atoms with Crippen LogP contribution in [0.5, 0.6) is 11.5 Å². The predicted octanol–water partition coefficient (Wildman–Crippen LogP) is 1.97. The third-order valence-corrected chi connectivity index (χ3v) is 5.47. The van der Waals surface area contributed by atoms with Gasteiger partial charge in [-0.05, 0) is 48.4 Å². The van der Waals surface area contributed by atoms with Crippen LogP contribution in [0.3, 0.4) is 0 Å². The summed E-state index contributed by atoms with van der Waals surface area (Å²) in [5.74, 6) is 1.03. The van der Waals surface area contributed by atoms with E-state index < -0.39 is 10.0 Å². The molecule has 0 aromatic heterocycles. The van der Waals surface area contributed by atoms with Gasteiger partial charge in [0.25, 0.3) is 5.91 Å². The lowest BCUT2D eigenvalue weighted by Gasteiger charge is -2.10. The van der Waals surface area contributed by atoms with Gasteiger partial charge in [-0.2, -0.15) is 0 Å². The van der Waals surface area contributed by atoms with Crippen molar-refractivity contribution in [3.63, 3.8) is 0 Å². The number of carbonyl (C=O) groups excluding carboxylic acids is 1. The van der Waals surface area contributed by atoms with Crippen molar-refractivity contribution in [2.45, 2.75) is 18.2 Å². The van der Waals surface area contributed by atoms with Crippen LogP contribution in [0.1, 0.15) is 22.8 Å². The number of methoxy groups -OCH3 is 2. The van der Waals surface area contributed by atoms with Crippen molar-refractivity contribution in [1.82, 2.24) is 10.0 Å². The summed E-state index contributed by atoms with van der Waals surface area (Å²) >= 11 is 0. The number of rotatable bonds is 9. The van der Waals surface area contributed by atoms with E-state index in [1.54, 1.807) is 21.1 Å². The Balaban J connectivity index is 1.94. The van der Waals surface area contributed by atoms with Crippen LogP contribution in [0.2, 0.25) is 0 Å². The Labute approximate surface area is 159 Å². The Morgan fingerprint density at radius 3 is 2.26 bits per heavy atom. The molecule has 0 saturated heterocycles. The minimum Gasteiger partial charge on any atom is -0.493 e. The second-order valence-corrected chi connectivity index (χ2v) is 7.49. The Bertz CT molecular complexity index is 879. The third kappa shape index (κ3) is 5.45.